The summed E-state index contributed by atoms with van der Waals surface area (Å²) in [7, 11) is 1.84. The summed E-state index contributed by atoms with van der Waals surface area (Å²) < 4.78 is 11.7. The van der Waals surface area contributed by atoms with Crippen LogP contribution in [0.15, 0.2) is 35.3 Å². The van der Waals surface area contributed by atoms with Gasteiger partial charge in [-0.2, -0.15) is 0 Å². The molecule has 1 heterocycles. The van der Waals surface area contributed by atoms with Crippen molar-refractivity contribution in [3.05, 3.63) is 30.3 Å². The number of nitrogens with one attached hydrogen (secondary N) is 1. The summed E-state index contributed by atoms with van der Waals surface area (Å²) in [6.07, 6.45) is 3.43. The molecule has 5 heteroatoms. The molecule has 2 rings (SSSR count). The maximum absolute atomic E-state index is 6.05. The van der Waals surface area contributed by atoms with Crippen LogP contribution in [0, 0.1) is 5.92 Å². The van der Waals surface area contributed by atoms with Gasteiger partial charge in [0.25, 0.3) is 0 Å². The number of likely N-dealkylation sites (tertiary alicyclic amines) is 1. The highest BCUT2D eigenvalue weighted by atomic mass is 16.5. The molecule has 25 heavy (non-hydrogen) atoms. The van der Waals surface area contributed by atoms with Crippen molar-refractivity contribution in [1.29, 1.82) is 0 Å². The van der Waals surface area contributed by atoms with Crippen LogP contribution >= 0.6 is 0 Å². The summed E-state index contributed by atoms with van der Waals surface area (Å²) in [4.78, 5) is 6.71. The fourth-order valence-corrected chi connectivity index (χ4v) is 2.87. The molecule has 1 aromatic rings. The van der Waals surface area contributed by atoms with Crippen molar-refractivity contribution in [2.45, 2.75) is 39.2 Å². The Kier molecular flexibility index (Phi) is 8.60. The van der Waals surface area contributed by atoms with E-state index >= 15 is 0 Å². The smallest absolute Gasteiger partial charge is 0.193 e. The van der Waals surface area contributed by atoms with E-state index < -0.39 is 0 Å². The number of para-hydroxylation sites is 1. The third-order valence-electron chi connectivity index (χ3n) is 4.37. The van der Waals surface area contributed by atoms with Gasteiger partial charge in [0.2, 0.25) is 0 Å². The van der Waals surface area contributed by atoms with Crippen molar-refractivity contribution in [3.63, 3.8) is 0 Å². The number of ether oxygens (including phenoxy) is 2. The van der Waals surface area contributed by atoms with E-state index in [1.807, 2.05) is 37.4 Å². The number of guanidine groups is 1. The van der Waals surface area contributed by atoms with Crippen LogP contribution in [0.3, 0.4) is 0 Å². The minimum atomic E-state index is 0.288. The Bertz CT molecular complexity index is 497. The van der Waals surface area contributed by atoms with Gasteiger partial charge in [0, 0.05) is 46.1 Å². The third-order valence-corrected chi connectivity index (χ3v) is 4.37. The number of rotatable bonds is 8. The molecule has 0 unspecified atom stereocenters. The molecule has 0 aliphatic carbocycles. The van der Waals surface area contributed by atoms with Gasteiger partial charge in [0.05, 0.1) is 6.61 Å². The zero-order chi connectivity index (χ0) is 17.9. The molecule has 5 nitrogen and oxygen atoms in total. The lowest BCUT2D eigenvalue weighted by Gasteiger charge is -2.34. The Morgan fingerprint density at radius 1 is 1.20 bits per heavy atom. The molecule has 140 valence electrons. The zero-order valence-electron chi connectivity index (χ0n) is 15.9. The molecule has 0 atom stereocenters. The number of hydrogen-bond donors (Lipinski definition) is 1. The fraction of sp³-hybridized carbons (Fsp3) is 0.650. The number of nitrogens with zero attached hydrogens (tertiary/aromatic N) is 2. The van der Waals surface area contributed by atoms with Gasteiger partial charge in [-0.1, -0.05) is 32.0 Å². The first-order chi connectivity index (χ1) is 12.2. The van der Waals surface area contributed by atoms with Crippen molar-refractivity contribution < 1.29 is 9.47 Å². The van der Waals surface area contributed by atoms with E-state index in [4.69, 9.17) is 9.47 Å². The molecule has 0 spiro atoms. The van der Waals surface area contributed by atoms with Crippen molar-refractivity contribution >= 4 is 5.96 Å². The monoisotopic (exact) mass is 347 g/mol. The lowest BCUT2D eigenvalue weighted by atomic mass is 10.1. The highest BCUT2D eigenvalue weighted by Gasteiger charge is 2.22. The Labute approximate surface area is 152 Å². The average molecular weight is 348 g/mol. The molecule has 1 fully saturated rings. The van der Waals surface area contributed by atoms with E-state index in [9.17, 15) is 0 Å². The van der Waals surface area contributed by atoms with Crippen LogP contribution in [-0.2, 0) is 4.74 Å². The Balaban J connectivity index is 1.64. The van der Waals surface area contributed by atoms with E-state index in [-0.39, 0.29) is 6.10 Å². The van der Waals surface area contributed by atoms with Crippen molar-refractivity contribution in [3.8, 4) is 5.75 Å². The van der Waals surface area contributed by atoms with E-state index in [1.165, 1.54) is 0 Å². The number of piperidine rings is 1. The summed E-state index contributed by atoms with van der Waals surface area (Å²) in [5, 5.41) is 3.40. The molecule has 0 amide bonds. The van der Waals surface area contributed by atoms with Gasteiger partial charge in [0.15, 0.2) is 5.96 Å². The van der Waals surface area contributed by atoms with Crippen LogP contribution in [0.25, 0.3) is 0 Å². The molecule has 0 bridgehead atoms. The SMILES string of the molecule is CN=C(NCCOCCC(C)C)N1CCC(Oc2ccccc2)CC1. The van der Waals surface area contributed by atoms with E-state index in [2.05, 4.69) is 29.1 Å². The van der Waals surface area contributed by atoms with Gasteiger partial charge in [-0.15, -0.1) is 0 Å². The molecular weight excluding hydrogens is 314 g/mol. The molecule has 1 saturated heterocycles. The lowest BCUT2D eigenvalue weighted by molar-refractivity contribution is 0.122. The lowest BCUT2D eigenvalue weighted by Crippen LogP contribution is -2.48. The molecule has 0 radical (unpaired) electrons. The van der Waals surface area contributed by atoms with Crippen molar-refractivity contribution in [1.82, 2.24) is 10.2 Å². The second kappa shape index (κ2) is 11.0. The summed E-state index contributed by atoms with van der Waals surface area (Å²) in [5.74, 6) is 2.62. The summed E-state index contributed by atoms with van der Waals surface area (Å²) in [6.45, 7) is 8.71. The van der Waals surface area contributed by atoms with Gasteiger partial charge in [-0.05, 0) is 24.5 Å². The predicted octanol–water partition coefficient (Wildman–Crippen LogP) is 3.17. The average Bonchev–Trinajstić information content (AvgIpc) is 2.63. The minimum Gasteiger partial charge on any atom is -0.490 e. The summed E-state index contributed by atoms with van der Waals surface area (Å²) in [5.41, 5.74) is 0. The first-order valence-electron chi connectivity index (χ1n) is 9.44. The van der Waals surface area contributed by atoms with Crippen LogP contribution < -0.4 is 10.1 Å². The second-order valence-electron chi connectivity index (χ2n) is 6.89. The Morgan fingerprint density at radius 3 is 2.56 bits per heavy atom. The van der Waals surface area contributed by atoms with Gasteiger partial charge in [0.1, 0.15) is 11.9 Å². The third kappa shape index (κ3) is 7.34. The molecular formula is C20H33N3O2. The van der Waals surface area contributed by atoms with Crippen LogP contribution in [0.4, 0.5) is 0 Å². The molecule has 1 aromatic carbocycles. The van der Waals surface area contributed by atoms with Crippen LogP contribution in [0.2, 0.25) is 0 Å². The molecule has 1 aliphatic heterocycles. The molecule has 0 aromatic heterocycles. The first kappa shape index (κ1) is 19.6. The number of hydrogen-bond acceptors (Lipinski definition) is 3. The summed E-state index contributed by atoms with van der Waals surface area (Å²) >= 11 is 0. The van der Waals surface area contributed by atoms with Gasteiger partial charge in [-0.3, -0.25) is 4.99 Å². The van der Waals surface area contributed by atoms with Crippen molar-refractivity contribution in [2.24, 2.45) is 10.9 Å². The summed E-state index contributed by atoms with van der Waals surface area (Å²) in [6, 6.07) is 10.1. The van der Waals surface area contributed by atoms with Gasteiger partial charge < -0.3 is 19.7 Å². The van der Waals surface area contributed by atoms with Crippen LogP contribution in [0.5, 0.6) is 5.75 Å². The fourth-order valence-electron chi connectivity index (χ4n) is 2.87. The maximum atomic E-state index is 6.05. The predicted molar refractivity (Wildman–Crippen MR) is 103 cm³/mol. The second-order valence-corrected chi connectivity index (χ2v) is 6.89. The first-order valence-corrected chi connectivity index (χ1v) is 9.44. The number of aliphatic imine (C=N–C) groups is 1. The zero-order valence-corrected chi connectivity index (χ0v) is 15.9. The maximum Gasteiger partial charge on any atom is 0.193 e. The number of benzene rings is 1. The topological polar surface area (TPSA) is 46.1 Å². The highest BCUT2D eigenvalue weighted by Crippen LogP contribution is 2.18. The van der Waals surface area contributed by atoms with Crippen LogP contribution in [-0.4, -0.2) is 56.9 Å². The van der Waals surface area contributed by atoms with E-state index in [1.54, 1.807) is 0 Å². The Hall–Kier alpha value is -1.75. The standard InChI is InChI=1S/C20H33N3O2/c1-17(2)11-15-24-16-12-22-20(21-3)23-13-9-19(10-14-23)25-18-7-5-4-6-8-18/h4-8,17,19H,9-16H2,1-3H3,(H,21,22). The van der Waals surface area contributed by atoms with E-state index in [0.29, 0.717) is 5.92 Å². The normalized spacial score (nSPS) is 16.3. The van der Waals surface area contributed by atoms with E-state index in [0.717, 1.165) is 63.8 Å². The Morgan fingerprint density at radius 2 is 1.92 bits per heavy atom. The quantitative estimate of drug-likeness (QED) is 0.446. The van der Waals surface area contributed by atoms with Crippen LogP contribution in [0.1, 0.15) is 33.1 Å². The minimum absolute atomic E-state index is 0.288. The molecule has 0 saturated carbocycles. The largest absolute Gasteiger partial charge is 0.490 e. The molecule has 1 aliphatic rings. The van der Waals surface area contributed by atoms with Gasteiger partial charge in [-0.25, -0.2) is 0 Å². The van der Waals surface area contributed by atoms with Crippen molar-refractivity contribution in [2.75, 3.05) is 39.9 Å². The van der Waals surface area contributed by atoms with Gasteiger partial charge >= 0.3 is 0 Å². The highest BCUT2D eigenvalue weighted by molar-refractivity contribution is 5.79. The molecule has 1 N–H and O–H groups in total.